The maximum Gasteiger partial charge on any atom is 0.418 e. The summed E-state index contributed by atoms with van der Waals surface area (Å²) in [5.41, 5.74) is 0.678. The number of rotatable bonds is 4. The molecule has 3 aromatic rings. The topological polar surface area (TPSA) is 44.4 Å². The number of halogens is 4. The van der Waals surface area contributed by atoms with Gasteiger partial charge in [0.15, 0.2) is 5.11 Å². The number of thiocarbonyl (C=S) groups is 1. The molecule has 0 unspecified atom stereocenters. The Morgan fingerprint density at radius 3 is 2.38 bits per heavy atom. The molecule has 0 fully saturated rings. The molecule has 0 spiro atoms. The van der Waals surface area contributed by atoms with Crippen molar-refractivity contribution in [3.8, 4) is 0 Å². The van der Waals surface area contributed by atoms with Crippen molar-refractivity contribution >= 4 is 45.9 Å². The van der Waals surface area contributed by atoms with Crippen LogP contribution in [0.15, 0.2) is 71.2 Å². The minimum atomic E-state index is -4.62. The minimum absolute atomic E-state index is 0.0466. The number of para-hydroxylation sites is 1. The molecule has 176 valence electrons. The molecule has 1 aliphatic rings. The highest BCUT2D eigenvalue weighted by atomic mass is 32.1. The van der Waals surface area contributed by atoms with Gasteiger partial charge in [0.25, 0.3) is 5.91 Å². The lowest BCUT2D eigenvalue weighted by molar-refractivity contribution is -0.137. The first-order valence-electron chi connectivity index (χ1n) is 10.2. The molecule has 0 bridgehead atoms. The fourth-order valence-corrected chi connectivity index (χ4v) is 5.18. The highest BCUT2D eigenvalue weighted by Gasteiger charge is 2.40. The van der Waals surface area contributed by atoms with Crippen LogP contribution in [0.25, 0.3) is 0 Å². The number of aryl methyl sites for hydroxylation is 1. The average molecular weight is 506 g/mol. The van der Waals surface area contributed by atoms with Crippen molar-refractivity contribution in [1.29, 1.82) is 0 Å². The second-order valence-corrected chi connectivity index (χ2v) is 9.00. The Morgan fingerprint density at radius 2 is 1.76 bits per heavy atom. The zero-order valence-electron chi connectivity index (χ0n) is 18.0. The smallest absolute Gasteiger partial charge is 0.350 e. The molecule has 2 heterocycles. The lowest BCUT2D eigenvalue weighted by atomic mass is 9.97. The molecule has 0 saturated carbocycles. The van der Waals surface area contributed by atoms with Gasteiger partial charge in [-0.25, -0.2) is 4.39 Å². The lowest BCUT2D eigenvalue weighted by Gasteiger charge is -2.38. The van der Waals surface area contributed by atoms with Gasteiger partial charge in [-0.3, -0.25) is 9.69 Å². The number of hydrogen-bond donors (Lipinski definition) is 2. The van der Waals surface area contributed by atoms with E-state index in [1.165, 1.54) is 58.7 Å². The van der Waals surface area contributed by atoms with Crippen molar-refractivity contribution in [2.24, 2.45) is 0 Å². The van der Waals surface area contributed by atoms with Gasteiger partial charge in [-0.1, -0.05) is 12.1 Å². The van der Waals surface area contributed by atoms with E-state index in [0.29, 0.717) is 5.69 Å². The van der Waals surface area contributed by atoms with E-state index in [1.807, 2.05) is 18.4 Å². The fraction of sp³-hybridized carbons (Fsp3) is 0.167. The Labute approximate surface area is 202 Å². The third-order valence-corrected chi connectivity index (χ3v) is 6.83. The van der Waals surface area contributed by atoms with Gasteiger partial charge in [0.2, 0.25) is 0 Å². The van der Waals surface area contributed by atoms with Crippen LogP contribution in [-0.2, 0) is 11.0 Å². The Kier molecular flexibility index (Phi) is 6.46. The summed E-state index contributed by atoms with van der Waals surface area (Å²) in [7, 11) is 0. The van der Waals surface area contributed by atoms with E-state index < -0.39 is 29.5 Å². The maximum atomic E-state index is 13.8. The molecule has 1 amide bonds. The molecule has 4 nitrogen and oxygen atoms in total. The monoisotopic (exact) mass is 505 g/mol. The summed E-state index contributed by atoms with van der Waals surface area (Å²) in [5, 5.41) is 7.70. The van der Waals surface area contributed by atoms with Crippen LogP contribution in [-0.4, -0.2) is 11.0 Å². The highest BCUT2D eigenvalue weighted by Crippen LogP contribution is 2.42. The molecule has 0 aliphatic carbocycles. The maximum absolute atomic E-state index is 13.8. The molecule has 0 radical (unpaired) electrons. The van der Waals surface area contributed by atoms with Crippen molar-refractivity contribution in [3.63, 3.8) is 0 Å². The number of benzene rings is 2. The van der Waals surface area contributed by atoms with Crippen molar-refractivity contribution < 1.29 is 22.4 Å². The van der Waals surface area contributed by atoms with Gasteiger partial charge < -0.3 is 10.6 Å². The quantitative estimate of drug-likeness (QED) is 0.311. The molecule has 4 rings (SSSR count). The Morgan fingerprint density at radius 1 is 1.09 bits per heavy atom. The molecular weight excluding hydrogens is 486 g/mol. The molecule has 1 aromatic heterocycles. The van der Waals surface area contributed by atoms with Crippen molar-refractivity contribution in [2.75, 3.05) is 10.2 Å². The summed E-state index contributed by atoms with van der Waals surface area (Å²) in [6, 6.07) is 11.5. The van der Waals surface area contributed by atoms with E-state index in [1.54, 1.807) is 6.92 Å². The van der Waals surface area contributed by atoms with Gasteiger partial charge in [0.05, 0.1) is 22.9 Å². The zero-order chi connectivity index (χ0) is 24.6. The van der Waals surface area contributed by atoms with E-state index in [4.69, 9.17) is 12.2 Å². The van der Waals surface area contributed by atoms with Gasteiger partial charge in [-0.05, 0) is 79.5 Å². The second kappa shape index (κ2) is 9.19. The number of hydrogen-bond acceptors (Lipinski definition) is 3. The summed E-state index contributed by atoms with van der Waals surface area (Å²) < 4.78 is 54.6. The van der Waals surface area contributed by atoms with Crippen molar-refractivity contribution in [3.05, 3.63) is 93.1 Å². The van der Waals surface area contributed by atoms with Gasteiger partial charge in [-0.2, -0.15) is 13.2 Å². The number of anilines is 2. The van der Waals surface area contributed by atoms with Crippen LogP contribution in [0.2, 0.25) is 0 Å². The van der Waals surface area contributed by atoms with Crippen LogP contribution in [0.4, 0.5) is 28.9 Å². The first-order valence-corrected chi connectivity index (χ1v) is 11.4. The first-order chi connectivity index (χ1) is 16.1. The molecule has 2 aromatic carbocycles. The third-order valence-electron chi connectivity index (χ3n) is 5.45. The average Bonchev–Trinajstić information content (AvgIpc) is 3.20. The predicted octanol–water partition coefficient (Wildman–Crippen LogP) is 6.56. The molecular formula is C24H19F4N3OS2. The van der Waals surface area contributed by atoms with Gasteiger partial charge in [0, 0.05) is 16.3 Å². The summed E-state index contributed by atoms with van der Waals surface area (Å²) in [6.45, 7) is 3.45. The predicted molar refractivity (Wildman–Crippen MR) is 129 cm³/mol. The van der Waals surface area contributed by atoms with Crippen LogP contribution in [0.5, 0.6) is 0 Å². The standard InChI is InChI=1S/C24H19F4N3OS2/c1-13-11-12-34-21(13)20-19(22(32)29-16-9-7-15(25)8-10-16)14(2)31(23(33)30-20)18-6-4-3-5-17(18)24(26,27)28/h3-12,20H,1-2H3,(H,29,32)(H,30,33)/t20-/m1/s1. The number of allylic oxidation sites excluding steroid dienone is 1. The van der Waals surface area contributed by atoms with Crippen molar-refractivity contribution in [1.82, 2.24) is 5.32 Å². The van der Waals surface area contributed by atoms with Crippen LogP contribution < -0.4 is 15.5 Å². The van der Waals surface area contributed by atoms with Crippen LogP contribution in [0.1, 0.15) is 29.0 Å². The minimum Gasteiger partial charge on any atom is -0.350 e. The molecule has 2 N–H and O–H groups in total. The summed E-state index contributed by atoms with van der Waals surface area (Å²) in [5.74, 6) is -0.994. The summed E-state index contributed by atoms with van der Waals surface area (Å²) in [6.07, 6.45) is -4.62. The highest BCUT2D eigenvalue weighted by molar-refractivity contribution is 7.80. The normalized spacial score (nSPS) is 16.5. The molecule has 0 saturated heterocycles. The van der Waals surface area contributed by atoms with Gasteiger partial charge in [-0.15, -0.1) is 11.3 Å². The lowest BCUT2D eigenvalue weighted by Crippen LogP contribution is -2.49. The number of nitrogens with one attached hydrogen (secondary N) is 2. The number of alkyl halides is 3. The van der Waals surface area contributed by atoms with Crippen LogP contribution in [0, 0.1) is 12.7 Å². The van der Waals surface area contributed by atoms with Crippen LogP contribution in [0.3, 0.4) is 0 Å². The van der Waals surface area contributed by atoms with E-state index in [0.717, 1.165) is 16.5 Å². The SMILES string of the molecule is CC1=C(C(=O)Nc2ccc(F)cc2)[C@H](c2sccc2C)NC(=S)N1c1ccccc1C(F)(F)F. The van der Waals surface area contributed by atoms with Gasteiger partial charge >= 0.3 is 6.18 Å². The van der Waals surface area contributed by atoms with Crippen molar-refractivity contribution in [2.45, 2.75) is 26.1 Å². The van der Waals surface area contributed by atoms with E-state index in [2.05, 4.69) is 10.6 Å². The summed E-state index contributed by atoms with van der Waals surface area (Å²) >= 11 is 6.90. The zero-order valence-corrected chi connectivity index (χ0v) is 19.7. The van der Waals surface area contributed by atoms with E-state index in [-0.39, 0.29) is 22.1 Å². The summed E-state index contributed by atoms with van der Waals surface area (Å²) in [4.78, 5) is 15.5. The third kappa shape index (κ3) is 4.55. The van der Waals surface area contributed by atoms with Gasteiger partial charge in [0.1, 0.15) is 5.82 Å². The first kappa shape index (κ1) is 23.9. The second-order valence-electron chi connectivity index (χ2n) is 7.66. The Balaban J connectivity index is 1.86. The van der Waals surface area contributed by atoms with E-state index >= 15 is 0 Å². The number of nitrogens with zero attached hydrogens (tertiary/aromatic N) is 1. The number of carbonyl (C=O) groups is 1. The molecule has 10 heteroatoms. The molecule has 34 heavy (non-hydrogen) atoms. The molecule has 1 atom stereocenters. The Bertz CT molecular complexity index is 1280. The molecule has 1 aliphatic heterocycles. The van der Waals surface area contributed by atoms with E-state index in [9.17, 15) is 22.4 Å². The number of amides is 1. The fourth-order valence-electron chi connectivity index (χ4n) is 3.84. The van der Waals surface area contributed by atoms with Crippen LogP contribution >= 0.6 is 23.6 Å². The number of carbonyl (C=O) groups excluding carboxylic acids is 1. The Hall–Kier alpha value is -3.24. The number of thiophene rings is 1. The largest absolute Gasteiger partial charge is 0.418 e.